The van der Waals surface area contributed by atoms with Gasteiger partial charge in [0.1, 0.15) is 5.75 Å². The summed E-state index contributed by atoms with van der Waals surface area (Å²) in [7, 11) is 6.14. The van der Waals surface area contributed by atoms with E-state index in [1.165, 1.54) is 11.1 Å². The zero-order chi connectivity index (χ0) is 13.5. The Labute approximate surface area is 111 Å². The highest BCUT2D eigenvalue weighted by molar-refractivity contribution is 5.37. The number of aryl methyl sites for hydroxylation is 1. The van der Waals surface area contributed by atoms with Gasteiger partial charge < -0.3 is 15.0 Å². The largest absolute Gasteiger partial charge is 0.493 e. The molecule has 0 spiro atoms. The van der Waals surface area contributed by atoms with E-state index in [0.717, 1.165) is 25.3 Å². The fraction of sp³-hybridized carbons (Fsp3) is 0.600. The molecule has 0 amide bonds. The fourth-order valence-corrected chi connectivity index (χ4v) is 1.83. The van der Waals surface area contributed by atoms with Crippen LogP contribution >= 0.6 is 0 Å². The molecule has 1 N–H and O–H groups in total. The molecule has 1 rings (SSSR count). The minimum Gasteiger partial charge on any atom is -0.493 e. The Balaban J connectivity index is 2.52. The Kier molecular flexibility index (Phi) is 6.16. The number of nitrogens with zero attached hydrogens (tertiary/aromatic N) is 1. The molecule has 0 aliphatic carbocycles. The van der Waals surface area contributed by atoms with E-state index >= 15 is 0 Å². The first kappa shape index (κ1) is 15.0. The monoisotopic (exact) mass is 250 g/mol. The van der Waals surface area contributed by atoms with Crippen molar-refractivity contribution in [3.63, 3.8) is 0 Å². The first-order valence-electron chi connectivity index (χ1n) is 6.60. The number of hydrogen-bond acceptors (Lipinski definition) is 3. The van der Waals surface area contributed by atoms with Crippen LogP contribution < -0.4 is 10.1 Å². The van der Waals surface area contributed by atoms with Crippen molar-refractivity contribution < 1.29 is 4.74 Å². The van der Waals surface area contributed by atoms with Gasteiger partial charge in [-0.2, -0.15) is 0 Å². The first-order valence-corrected chi connectivity index (χ1v) is 6.60. The van der Waals surface area contributed by atoms with Gasteiger partial charge in [-0.05, 0) is 58.6 Å². The topological polar surface area (TPSA) is 24.5 Å². The maximum atomic E-state index is 5.81. The second-order valence-corrected chi connectivity index (χ2v) is 5.04. The second-order valence-electron chi connectivity index (χ2n) is 5.04. The average molecular weight is 250 g/mol. The number of ether oxygens (including phenoxy) is 1. The highest BCUT2D eigenvalue weighted by Gasteiger charge is 2.05. The third kappa shape index (κ3) is 4.67. The van der Waals surface area contributed by atoms with Crippen molar-refractivity contribution in [2.24, 2.45) is 0 Å². The van der Waals surface area contributed by atoms with Gasteiger partial charge in [-0.25, -0.2) is 0 Å². The molecule has 0 saturated carbocycles. The summed E-state index contributed by atoms with van der Waals surface area (Å²) < 4.78 is 5.81. The van der Waals surface area contributed by atoms with Crippen LogP contribution in [0.5, 0.6) is 5.75 Å². The van der Waals surface area contributed by atoms with Crippen molar-refractivity contribution in [2.75, 3.05) is 34.3 Å². The number of hydrogen-bond donors (Lipinski definition) is 1. The van der Waals surface area contributed by atoms with E-state index in [0.29, 0.717) is 6.04 Å². The summed E-state index contributed by atoms with van der Waals surface area (Å²) >= 11 is 0. The van der Waals surface area contributed by atoms with Crippen LogP contribution in [0.3, 0.4) is 0 Å². The SMILES string of the molecule is CNC(C)c1ccc(OCCCN(C)C)c(C)c1. The third-order valence-electron chi connectivity index (χ3n) is 3.14. The molecule has 3 heteroatoms. The Morgan fingerprint density at radius 3 is 2.61 bits per heavy atom. The fourth-order valence-electron chi connectivity index (χ4n) is 1.83. The predicted octanol–water partition coefficient (Wildman–Crippen LogP) is 2.61. The van der Waals surface area contributed by atoms with Gasteiger partial charge in [0, 0.05) is 12.6 Å². The van der Waals surface area contributed by atoms with Crippen molar-refractivity contribution >= 4 is 0 Å². The van der Waals surface area contributed by atoms with Gasteiger partial charge in [-0.15, -0.1) is 0 Å². The van der Waals surface area contributed by atoms with Crippen LogP contribution in [0, 0.1) is 6.92 Å². The second kappa shape index (κ2) is 7.39. The molecule has 1 aromatic carbocycles. The Morgan fingerprint density at radius 1 is 1.33 bits per heavy atom. The lowest BCUT2D eigenvalue weighted by molar-refractivity contribution is 0.280. The standard InChI is InChI=1S/C15H26N2O/c1-12-11-14(13(2)16-3)7-8-15(12)18-10-6-9-17(4)5/h7-8,11,13,16H,6,9-10H2,1-5H3. The molecule has 0 saturated heterocycles. The molecule has 0 aromatic heterocycles. The average Bonchev–Trinajstić information content (AvgIpc) is 2.34. The molecular weight excluding hydrogens is 224 g/mol. The predicted molar refractivity (Wildman–Crippen MR) is 77.3 cm³/mol. The summed E-state index contributed by atoms with van der Waals surface area (Å²) in [5.74, 6) is 1.00. The Bertz CT molecular complexity index is 364. The number of rotatable bonds is 7. The maximum Gasteiger partial charge on any atom is 0.122 e. The molecule has 1 atom stereocenters. The zero-order valence-corrected chi connectivity index (χ0v) is 12.3. The molecule has 0 radical (unpaired) electrons. The highest BCUT2D eigenvalue weighted by atomic mass is 16.5. The summed E-state index contributed by atoms with van der Waals surface area (Å²) in [5, 5.41) is 3.25. The summed E-state index contributed by atoms with van der Waals surface area (Å²) in [6.45, 7) is 6.10. The molecule has 0 aliphatic rings. The Morgan fingerprint density at radius 2 is 2.06 bits per heavy atom. The van der Waals surface area contributed by atoms with Crippen molar-refractivity contribution in [1.82, 2.24) is 10.2 Å². The van der Waals surface area contributed by atoms with Crippen LogP contribution in [0.15, 0.2) is 18.2 Å². The number of nitrogens with one attached hydrogen (secondary N) is 1. The lowest BCUT2D eigenvalue weighted by atomic mass is 10.1. The smallest absolute Gasteiger partial charge is 0.122 e. The van der Waals surface area contributed by atoms with Gasteiger partial charge in [0.05, 0.1) is 6.61 Å². The molecule has 3 nitrogen and oxygen atoms in total. The molecule has 0 fully saturated rings. The van der Waals surface area contributed by atoms with E-state index in [2.05, 4.69) is 56.4 Å². The minimum absolute atomic E-state index is 0.381. The zero-order valence-electron chi connectivity index (χ0n) is 12.3. The molecule has 18 heavy (non-hydrogen) atoms. The van der Waals surface area contributed by atoms with Crippen LogP contribution in [-0.4, -0.2) is 39.2 Å². The molecular formula is C15H26N2O. The van der Waals surface area contributed by atoms with Crippen molar-refractivity contribution in [3.05, 3.63) is 29.3 Å². The van der Waals surface area contributed by atoms with Gasteiger partial charge >= 0.3 is 0 Å². The van der Waals surface area contributed by atoms with Gasteiger partial charge in [-0.3, -0.25) is 0 Å². The van der Waals surface area contributed by atoms with E-state index in [1.54, 1.807) is 0 Å². The number of benzene rings is 1. The van der Waals surface area contributed by atoms with E-state index < -0.39 is 0 Å². The van der Waals surface area contributed by atoms with Crippen LogP contribution in [0.2, 0.25) is 0 Å². The van der Waals surface area contributed by atoms with Crippen LogP contribution in [-0.2, 0) is 0 Å². The van der Waals surface area contributed by atoms with Crippen LogP contribution in [0.4, 0.5) is 0 Å². The molecule has 102 valence electrons. The van der Waals surface area contributed by atoms with E-state index in [9.17, 15) is 0 Å². The van der Waals surface area contributed by atoms with Gasteiger partial charge in [-0.1, -0.05) is 12.1 Å². The van der Waals surface area contributed by atoms with Crippen molar-refractivity contribution in [2.45, 2.75) is 26.3 Å². The molecule has 1 unspecified atom stereocenters. The maximum absolute atomic E-state index is 5.81. The molecule has 1 aromatic rings. The van der Waals surface area contributed by atoms with E-state index in [4.69, 9.17) is 4.74 Å². The normalized spacial score (nSPS) is 12.8. The van der Waals surface area contributed by atoms with Crippen molar-refractivity contribution in [1.29, 1.82) is 0 Å². The van der Waals surface area contributed by atoms with Crippen molar-refractivity contribution in [3.8, 4) is 5.75 Å². The van der Waals surface area contributed by atoms with Gasteiger partial charge in [0.25, 0.3) is 0 Å². The lowest BCUT2D eigenvalue weighted by Gasteiger charge is -2.15. The first-order chi connectivity index (χ1) is 8.54. The molecule has 0 heterocycles. The lowest BCUT2D eigenvalue weighted by Crippen LogP contribution is -2.16. The Hall–Kier alpha value is -1.06. The third-order valence-corrected chi connectivity index (χ3v) is 3.14. The molecule has 0 aliphatic heterocycles. The van der Waals surface area contributed by atoms with Crippen LogP contribution in [0.25, 0.3) is 0 Å². The summed E-state index contributed by atoms with van der Waals surface area (Å²) in [6.07, 6.45) is 1.06. The van der Waals surface area contributed by atoms with Crippen LogP contribution in [0.1, 0.15) is 30.5 Å². The highest BCUT2D eigenvalue weighted by Crippen LogP contribution is 2.22. The summed E-state index contributed by atoms with van der Waals surface area (Å²) in [5.41, 5.74) is 2.51. The van der Waals surface area contributed by atoms with E-state index in [-0.39, 0.29) is 0 Å². The molecule has 0 bridgehead atoms. The minimum atomic E-state index is 0.381. The van der Waals surface area contributed by atoms with E-state index in [1.807, 2.05) is 7.05 Å². The van der Waals surface area contributed by atoms with Gasteiger partial charge in [0.2, 0.25) is 0 Å². The quantitative estimate of drug-likeness (QED) is 0.753. The summed E-state index contributed by atoms with van der Waals surface area (Å²) in [4.78, 5) is 2.17. The summed E-state index contributed by atoms with van der Waals surface area (Å²) in [6, 6.07) is 6.79. The van der Waals surface area contributed by atoms with Gasteiger partial charge in [0.15, 0.2) is 0 Å².